The minimum absolute atomic E-state index is 0.0233. The van der Waals surface area contributed by atoms with Gasteiger partial charge in [0.25, 0.3) is 0 Å². The summed E-state index contributed by atoms with van der Waals surface area (Å²) in [5.74, 6) is -0.0233. The van der Waals surface area contributed by atoms with E-state index < -0.39 is 11.7 Å². The number of carbonyl (C=O) groups is 1. The van der Waals surface area contributed by atoms with E-state index in [1.165, 1.54) is 5.56 Å². The molecule has 2 atom stereocenters. The van der Waals surface area contributed by atoms with Crippen molar-refractivity contribution in [2.75, 3.05) is 31.6 Å². The molecular weight excluding hydrogens is 578 g/mol. The van der Waals surface area contributed by atoms with E-state index in [4.69, 9.17) is 21.3 Å². The molecule has 0 aliphatic carbocycles. The topological polar surface area (TPSA) is 63.5 Å². The molecule has 0 amide bonds. The molecule has 3 aromatic carbocycles. The van der Waals surface area contributed by atoms with Gasteiger partial charge in [0.15, 0.2) is 10.9 Å². The number of carbonyl (C=O) groups excluding carboxylic acids is 1. The maximum Gasteiger partial charge on any atom is 0.186 e. The lowest BCUT2D eigenvalue weighted by Crippen LogP contribution is -2.46. The van der Waals surface area contributed by atoms with Gasteiger partial charge in [0.1, 0.15) is 6.10 Å². The molecule has 1 saturated heterocycles. The fourth-order valence-electron chi connectivity index (χ4n) is 6.07. The second-order valence-electron chi connectivity index (χ2n) is 12.6. The highest BCUT2D eigenvalue weighted by molar-refractivity contribution is 7.22. The van der Waals surface area contributed by atoms with Crippen LogP contribution in [0.15, 0.2) is 54.7 Å². The van der Waals surface area contributed by atoms with E-state index in [9.17, 15) is 4.79 Å². The number of halogens is 1. The molecule has 1 aliphatic heterocycles. The zero-order valence-electron chi connectivity index (χ0n) is 25.8. The van der Waals surface area contributed by atoms with E-state index in [-0.39, 0.29) is 11.8 Å². The number of piperazine rings is 1. The van der Waals surface area contributed by atoms with Crippen LogP contribution in [0.25, 0.3) is 32.2 Å². The third-order valence-electron chi connectivity index (χ3n) is 8.23. The zero-order valence-corrected chi connectivity index (χ0v) is 27.4. The van der Waals surface area contributed by atoms with Crippen molar-refractivity contribution >= 4 is 55.0 Å². The molecule has 0 radical (unpaired) electrons. The molecule has 5 aromatic rings. The van der Waals surface area contributed by atoms with E-state index in [1.807, 2.05) is 63.0 Å². The van der Waals surface area contributed by atoms with Gasteiger partial charge in [0.05, 0.1) is 33.6 Å². The van der Waals surface area contributed by atoms with Gasteiger partial charge in [-0.2, -0.15) is 5.10 Å². The van der Waals surface area contributed by atoms with Crippen molar-refractivity contribution in [1.29, 1.82) is 0 Å². The highest BCUT2D eigenvalue weighted by atomic mass is 35.5. The minimum atomic E-state index is -0.698. The van der Waals surface area contributed by atoms with Crippen LogP contribution in [0.5, 0.6) is 0 Å². The summed E-state index contributed by atoms with van der Waals surface area (Å²) in [4.78, 5) is 23.1. The number of thiazole rings is 1. The van der Waals surface area contributed by atoms with Crippen LogP contribution in [-0.4, -0.2) is 57.7 Å². The molecule has 9 heteroatoms. The SMILES string of the molecule is CC(=O)[C@@H](OC(C)(C)C)c1c(C)cc2nc(N3CCN(C)[C@H](c4ccc5c(cnn5C)c4)C3)sc2c1-c1ccc(Cl)cc1. The Labute approximate surface area is 262 Å². The number of likely N-dealkylation sites (N-methyl/N-ethyl adjacent to an activating group) is 1. The number of fused-ring (bicyclic) bond motifs is 2. The first-order valence-corrected chi connectivity index (χ1v) is 15.8. The van der Waals surface area contributed by atoms with Crippen molar-refractivity contribution in [3.05, 3.63) is 76.4 Å². The number of aryl methyl sites for hydroxylation is 2. The number of hydrogen-bond donors (Lipinski definition) is 0. The fourth-order valence-corrected chi connectivity index (χ4v) is 7.36. The van der Waals surface area contributed by atoms with Gasteiger partial charge in [-0.1, -0.05) is 41.1 Å². The third kappa shape index (κ3) is 5.81. The lowest BCUT2D eigenvalue weighted by molar-refractivity contribution is -0.138. The summed E-state index contributed by atoms with van der Waals surface area (Å²) in [6.07, 6.45) is 1.24. The molecule has 0 unspecified atom stereocenters. The fraction of sp³-hybridized carbons (Fsp3) is 0.382. The second-order valence-corrected chi connectivity index (χ2v) is 14.0. The lowest BCUT2D eigenvalue weighted by Gasteiger charge is -2.39. The van der Waals surface area contributed by atoms with Gasteiger partial charge >= 0.3 is 0 Å². The van der Waals surface area contributed by atoms with E-state index in [0.717, 1.165) is 68.1 Å². The Morgan fingerprint density at radius 1 is 1.09 bits per heavy atom. The highest BCUT2D eigenvalue weighted by Gasteiger charge is 2.32. The quantitative estimate of drug-likeness (QED) is 0.195. The molecule has 0 spiro atoms. The first-order chi connectivity index (χ1) is 20.4. The number of ether oxygens (including phenoxy) is 1. The Bertz CT molecular complexity index is 1820. The summed E-state index contributed by atoms with van der Waals surface area (Å²) in [6.45, 7) is 12.2. The summed E-state index contributed by atoms with van der Waals surface area (Å²) in [5.41, 5.74) is 6.70. The van der Waals surface area contributed by atoms with Gasteiger partial charge in [0, 0.05) is 48.2 Å². The molecule has 7 nitrogen and oxygen atoms in total. The van der Waals surface area contributed by atoms with Crippen LogP contribution in [0.1, 0.15) is 56.5 Å². The number of aromatic nitrogens is 3. The minimum Gasteiger partial charge on any atom is -0.360 e. The predicted octanol–water partition coefficient (Wildman–Crippen LogP) is 7.75. The van der Waals surface area contributed by atoms with Crippen molar-refractivity contribution in [1.82, 2.24) is 19.7 Å². The molecule has 2 aromatic heterocycles. The summed E-state index contributed by atoms with van der Waals surface area (Å²) < 4.78 is 9.38. The number of benzene rings is 3. The van der Waals surface area contributed by atoms with Crippen LogP contribution in [0, 0.1) is 6.92 Å². The lowest BCUT2D eigenvalue weighted by atomic mass is 9.90. The van der Waals surface area contributed by atoms with E-state index in [0.29, 0.717) is 5.02 Å². The number of nitrogens with zero attached hydrogens (tertiary/aromatic N) is 5. The summed E-state index contributed by atoms with van der Waals surface area (Å²) in [7, 11) is 4.17. The maximum absolute atomic E-state index is 13.1. The van der Waals surface area contributed by atoms with Crippen LogP contribution < -0.4 is 4.90 Å². The van der Waals surface area contributed by atoms with Crippen molar-refractivity contribution in [2.24, 2.45) is 7.05 Å². The second kappa shape index (κ2) is 11.3. The van der Waals surface area contributed by atoms with Crippen molar-refractivity contribution in [3.8, 4) is 11.1 Å². The number of hydrogen-bond acceptors (Lipinski definition) is 7. The molecule has 0 saturated carbocycles. The Balaban J connectivity index is 1.45. The summed E-state index contributed by atoms with van der Waals surface area (Å²) in [5, 5.41) is 7.23. The van der Waals surface area contributed by atoms with Gasteiger partial charge in [-0.25, -0.2) is 4.98 Å². The predicted molar refractivity (Wildman–Crippen MR) is 177 cm³/mol. The number of rotatable bonds is 6. The Morgan fingerprint density at radius 2 is 1.84 bits per heavy atom. The molecule has 0 bridgehead atoms. The average molecular weight is 616 g/mol. The Kier molecular flexibility index (Phi) is 7.84. The molecular formula is C34H38ClN5O2S. The maximum atomic E-state index is 13.1. The van der Waals surface area contributed by atoms with Crippen molar-refractivity contribution in [3.63, 3.8) is 0 Å². The van der Waals surface area contributed by atoms with E-state index in [2.05, 4.69) is 53.1 Å². The third-order valence-corrected chi connectivity index (χ3v) is 9.63. The van der Waals surface area contributed by atoms with Crippen LogP contribution in [0.2, 0.25) is 5.02 Å². The number of anilines is 1. The van der Waals surface area contributed by atoms with Crippen LogP contribution >= 0.6 is 22.9 Å². The first kappa shape index (κ1) is 29.8. The molecule has 1 fully saturated rings. The molecule has 6 rings (SSSR count). The van der Waals surface area contributed by atoms with Gasteiger partial charge in [0.2, 0.25) is 0 Å². The smallest absolute Gasteiger partial charge is 0.186 e. The average Bonchev–Trinajstić information content (AvgIpc) is 3.54. The molecule has 1 aliphatic rings. The Morgan fingerprint density at radius 3 is 2.53 bits per heavy atom. The van der Waals surface area contributed by atoms with Crippen molar-refractivity contribution in [2.45, 2.75) is 52.4 Å². The van der Waals surface area contributed by atoms with Crippen molar-refractivity contribution < 1.29 is 9.53 Å². The normalized spacial score (nSPS) is 17.2. The largest absolute Gasteiger partial charge is 0.360 e. The van der Waals surface area contributed by atoms with Gasteiger partial charge < -0.3 is 9.64 Å². The molecule has 43 heavy (non-hydrogen) atoms. The molecule has 0 N–H and O–H groups in total. The molecule has 224 valence electrons. The molecule has 3 heterocycles. The number of Topliss-reactive ketones (excluding diaryl/α,β-unsaturated/α-hetero) is 1. The van der Waals surface area contributed by atoms with Crippen LogP contribution in [0.4, 0.5) is 5.13 Å². The number of ketones is 1. The summed E-state index contributed by atoms with van der Waals surface area (Å²) in [6, 6.07) is 16.8. The van der Waals surface area contributed by atoms with Gasteiger partial charge in [-0.05, 0) is 88.7 Å². The van der Waals surface area contributed by atoms with Gasteiger partial charge in [-0.3, -0.25) is 14.4 Å². The highest BCUT2D eigenvalue weighted by Crippen LogP contribution is 2.45. The first-order valence-electron chi connectivity index (χ1n) is 14.6. The van der Waals surface area contributed by atoms with E-state index >= 15 is 0 Å². The van der Waals surface area contributed by atoms with Crippen LogP contribution in [0.3, 0.4) is 0 Å². The summed E-state index contributed by atoms with van der Waals surface area (Å²) >= 11 is 7.99. The standard InChI is InChI=1S/C34H38ClN5O2S/c1-20-16-26-32(30(22-8-11-25(35)12-9-22)29(20)31(21(2)41)42-34(3,4)5)43-33(37-26)40-15-14-38(6)28(19-40)23-10-13-27-24(17-23)18-36-39(27)7/h8-13,16-18,28,31H,14-15,19H2,1-7H3/t28-,31+/m0/s1. The zero-order chi connectivity index (χ0) is 30.6. The van der Waals surface area contributed by atoms with Crippen LogP contribution in [-0.2, 0) is 16.6 Å². The van der Waals surface area contributed by atoms with Gasteiger partial charge in [-0.15, -0.1) is 0 Å². The van der Waals surface area contributed by atoms with E-state index in [1.54, 1.807) is 18.3 Å². The Hall–Kier alpha value is -3.30. The monoisotopic (exact) mass is 615 g/mol.